The number of rotatable bonds is 3. The maximum absolute atomic E-state index is 13.1. The third-order valence-electron chi connectivity index (χ3n) is 2.88. The van der Waals surface area contributed by atoms with E-state index in [1.54, 1.807) is 0 Å². The smallest absolute Gasteiger partial charge is 0.106 e. The van der Waals surface area contributed by atoms with E-state index in [2.05, 4.69) is 13.8 Å². The molecule has 2 nitrogen and oxygen atoms in total. The summed E-state index contributed by atoms with van der Waals surface area (Å²) in [7, 11) is 0. The van der Waals surface area contributed by atoms with Gasteiger partial charge in [0.25, 0.3) is 0 Å². The molecule has 1 atom stereocenters. The summed E-state index contributed by atoms with van der Waals surface area (Å²) in [4.78, 5) is 0. The molecule has 1 radical (unpaired) electrons. The van der Waals surface area contributed by atoms with Gasteiger partial charge in [0.2, 0.25) is 0 Å². The van der Waals surface area contributed by atoms with Gasteiger partial charge in [0.1, 0.15) is 12.1 Å². The van der Waals surface area contributed by atoms with Gasteiger partial charge >= 0.3 is 0 Å². The summed E-state index contributed by atoms with van der Waals surface area (Å²) >= 11 is 0. The number of hydroxylamine groups is 2. The Hall–Kier alpha value is -0.860. The Morgan fingerprint density at radius 1 is 1.12 bits per heavy atom. The molecule has 0 aliphatic heterocycles. The minimum Gasteiger partial charge on any atom is -0.106 e. The molecule has 89 valence electrons. The maximum Gasteiger partial charge on any atom is 0.168 e. The first kappa shape index (κ1) is 13.2. The lowest BCUT2D eigenvalue weighted by Crippen LogP contribution is -2.59. The lowest BCUT2D eigenvalue weighted by Gasteiger charge is -2.38. The number of benzene rings is 1. The van der Waals surface area contributed by atoms with Crippen LogP contribution < -0.4 is 4.65 Å². The summed E-state index contributed by atoms with van der Waals surface area (Å²) in [6, 6.07) is 9.69. The van der Waals surface area contributed by atoms with E-state index < -0.39 is 0 Å². The van der Waals surface area contributed by atoms with Gasteiger partial charge in [0.15, 0.2) is 5.69 Å². The van der Waals surface area contributed by atoms with Gasteiger partial charge in [-0.15, -0.1) is 4.65 Å². The summed E-state index contributed by atoms with van der Waals surface area (Å²) in [6.07, 6.45) is 0. The topological polar surface area (TPSA) is 19.9 Å². The molecule has 0 aromatic heterocycles. The van der Waals surface area contributed by atoms with Crippen LogP contribution in [0.4, 0.5) is 5.69 Å². The number of para-hydroxylation sites is 1. The minimum absolute atomic E-state index is 0.258. The van der Waals surface area contributed by atoms with Gasteiger partial charge in [-0.3, -0.25) is 0 Å². The molecule has 1 unspecified atom stereocenters. The van der Waals surface area contributed by atoms with Crippen LogP contribution in [-0.2, 0) is 5.21 Å². The monoisotopic (exact) mass is 221 g/mol. The molecule has 0 amide bonds. The first-order chi connectivity index (χ1) is 7.27. The zero-order valence-corrected chi connectivity index (χ0v) is 11.0. The highest BCUT2D eigenvalue weighted by molar-refractivity contribution is 5.41. The average molecular weight is 221 g/mol. The molecule has 0 saturated heterocycles. The van der Waals surface area contributed by atoms with E-state index in [4.69, 9.17) is 0 Å². The van der Waals surface area contributed by atoms with Crippen LogP contribution in [0.3, 0.4) is 0 Å². The van der Waals surface area contributed by atoms with Crippen molar-refractivity contribution in [1.82, 2.24) is 4.65 Å². The van der Waals surface area contributed by atoms with Gasteiger partial charge in [-0.1, -0.05) is 32.0 Å². The summed E-state index contributed by atoms with van der Waals surface area (Å²) in [5.41, 5.74) is 0.523. The number of hydrogen-bond acceptors (Lipinski definition) is 0. The van der Waals surface area contributed by atoms with Gasteiger partial charge in [0, 0.05) is 23.3 Å². The fourth-order valence-corrected chi connectivity index (χ4v) is 1.95. The Morgan fingerprint density at radius 3 is 2.00 bits per heavy atom. The Morgan fingerprint density at radius 2 is 1.62 bits per heavy atom. The number of quaternary nitrogens is 1. The van der Waals surface area contributed by atoms with Crippen molar-refractivity contribution in [2.24, 2.45) is 5.92 Å². The molecule has 1 aromatic carbocycles. The van der Waals surface area contributed by atoms with Crippen molar-refractivity contribution in [3.8, 4) is 0 Å². The normalized spacial score (nSPS) is 16.2. The molecule has 0 spiro atoms. The third kappa shape index (κ3) is 2.63. The first-order valence-corrected chi connectivity index (χ1v) is 5.92. The summed E-state index contributed by atoms with van der Waals surface area (Å²) < 4.78 is -0.258. The largest absolute Gasteiger partial charge is 0.168 e. The predicted octanol–water partition coefficient (Wildman–Crippen LogP) is 3.79. The van der Waals surface area contributed by atoms with E-state index in [-0.39, 0.29) is 10.2 Å². The number of nitrogens with zero attached hydrogens (tertiary/aromatic N) is 1. The van der Waals surface area contributed by atoms with E-state index >= 15 is 0 Å². The Bertz CT molecular complexity index is 326. The van der Waals surface area contributed by atoms with Crippen LogP contribution in [0.25, 0.3) is 0 Å². The van der Waals surface area contributed by atoms with Crippen LogP contribution in [0.15, 0.2) is 30.3 Å². The van der Waals surface area contributed by atoms with Crippen molar-refractivity contribution in [2.75, 3.05) is 6.54 Å². The van der Waals surface area contributed by atoms with Crippen molar-refractivity contribution in [3.05, 3.63) is 30.3 Å². The fraction of sp³-hybridized carbons (Fsp3) is 0.571. The van der Waals surface area contributed by atoms with Gasteiger partial charge in [-0.25, -0.2) is 0 Å². The van der Waals surface area contributed by atoms with E-state index in [9.17, 15) is 5.21 Å². The van der Waals surface area contributed by atoms with E-state index in [1.807, 2.05) is 51.1 Å². The molecule has 0 heterocycles. The standard InChI is InChI=1S/C14H23NO/c1-12(2)11-15(16,14(3,4)5)13-9-7-6-8-10-13/h6-10,12H,11H2,1-5H3/q+1. The molecule has 0 aliphatic carbocycles. The Balaban J connectivity index is 3.16. The van der Waals surface area contributed by atoms with Crippen LogP contribution in [0.2, 0.25) is 0 Å². The molecular formula is C14H23NO+. The molecule has 1 rings (SSSR count). The molecule has 0 saturated carbocycles. The molecule has 0 bridgehead atoms. The van der Waals surface area contributed by atoms with Crippen molar-refractivity contribution in [3.63, 3.8) is 0 Å². The lowest BCUT2D eigenvalue weighted by atomic mass is 10.0. The van der Waals surface area contributed by atoms with Crippen LogP contribution in [0, 0.1) is 5.92 Å². The summed E-state index contributed by atoms with van der Waals surface area (Å²) in [6.45, 7) is 10.8. The zero-order valence-electron chi connectivity index (χ0n) is 11.0. The highest BCUT2D eigenvalue weighted by atomic mass is 16.6. The molecule has 16 heavy (non-hydrogen) atoms. The van der Waals surface area contributed by atoms with Crippen molar-refractivity contribution < 1.29 is 5.21 Å². The third-order valence-corrected chi connectivity index (χ3v) is 2.88. The number of hydrogen-bond donors (Lipinski definition) is 0. The van der Waals surface area contributed by atoms with E-state index in [0.29, 0.717) is 12.5 Å². The molecular weight excluding hydrogens is 198 g/mol. The highest BCUT2D eigenvalue weighted by Crippen LogP contribution is 2.32. The average Bonchev–Trinajstić information content (AvgIpc) is 2.16. The Kier molecular flexibility index (Phi) is 3.76. The van der Waals surface area contributed by atoms with Gasteiger partial charge in [0.05, 0.1) is 0 Å². The van der Waals surface area contributed by atoms with E-state index in [0.717, 1.165) is 5.69 Å². The van der Waals surface area contributed by atoms with Crippen LogP contribution >= 0.6 is 0 Å². The van der Waals surface area contributed by atoms with Crippen LogP contribution in [0.1, 0.15) is 34.6 Å². The molecule has 1 aromatic rings. The predicted molar refractivity (Wildman–Crippen MR) is 68.4 cm³/mol. The zero-order chi connectivity index (χ0) is 12.4. The van der Waals surface area contributed by atoms with Crippen LogP contribution in [-0.4, -0.2) is 12.1 Å². The van der Waals surface area contributed by atoms with E-state index in [1.165, 1.54) is 0 Å². The fourth-order valence-electron chi connectivity index (χ4n) is 1.95. The SMILES string of the molecule is CC(C)C[N+]([O])(c1ccccc1)C(C)(C)C. The Labute approximate surface area is 99.1 Å². The minimum atomic E-state index is -0.328. The molecule has 0 N–H and O–H groups in total. The quantitative estimate of drug-likeness (QED) is 0.546. The van der Waals surface area contributed by atoms with Gasteiger partial charge in [-0.2, -0.15) is 0 Å². The van der Waals surface area contributed by atoms with Gasteiger partial charge < -0.3 is 0 Å². The second kappa shape index (κ2) is 4.56. The summed E-state index contributed by atoms with van der Waals surface area (Å²) in [5.74, 6) is 0.386. The molecule has 0 aliphatic rings. The first-order valence-electron chi connectivity index (χ1n) is 5.92. The van der Waals surface area contributed by atoms with Crippen molar-refractivity contribution >= 4 is 5.69 Å². The summed E-state index contributed by atoms with van der Waals surface area (Å²) in [5, 5.41) is 13.1. The second-order valence-corrected chi connectivity index (χ2v) is 5.82. The molecule has 2 heteroatoms. The molecule has 0 fully saturated rings. The van der Waals surface area contributed by atoms with Gasteiger partial charge in [-0.05, 0) is 20.8 Å². The van der Waals surface area contributed by atoms with Crippen molar-refractivity contribution in [1.29, 1.82) is 0 Å². The highest BCUT2D eigenvalue weighted by Gasteiger charge is 2.44. The van der Waals surface area contributed by atoms with Crippen molar-refractivity contribution in [2.45, 2.75) is 40.2 Å². The maximum atomic E-state index is 13.1. The van der Waals surface area contributed by atoms with Crippen LogP contribution in [0.5, 0.6) is 0 Å². The lowest BCUT2D eigenvalue weighted by molar-refractivity contribution is -0.204. The second-order valence-electron chi connectivity index (χ2n) is 5.82.